The first-order valence-electron chi connectivity index (χ1n) is 11.2. The summed E-state index contributed by atoms with van der Waals surface area (Å²) in [5.41, 5.74) is 6.64. The van der Waals surface area contributed by atoms with Gasteiger partial charge in [-0.05, 0) is 48.5 Å². The Bertz CT molecular complexity index is 1470. The minimum absolute atomic E-state index is 0.0752. The first-order valence-corrected chi connectivity index (χ1v) is 12.0. The van der Waals surface area contributed by atoms with E-state index in [1.165, 1.54) is 0 Å². The van der Waals surface area contributed by atoms with Crippen LogP contribution in [-0.4, -0.2) is 30.4 Å². The van der Waals surface area contributed by atoms with E-state index >= 15 is 0 Å². The number of aromatic nitrogens is 5. The van der Waals surface area contributed by atoms with Gasteiger partial charge in [-0.25, -0.2) is 4.68 Å². The minimum atomic E-state index is -0.0752. The number of halogens is 1. The predicted octanol–water partition coefficient (Wildman–Crippen LogP) is 5.84. The van der Waals surface area contributed by atoms with Gasteiger partial charge in [-0.15, -0.1) is 0 Å². The van der Waals surface area contributed by atoms with Crippen molar-refractivity contribution in [1.29, 1.82) is 0 Å². The van der Waals surface area contributed by atoms with E-state index in [9.17, 15) is 0 Å². The van der Waals surface area contributed by atoms with E-state index in [0.717, 1.165) is 44.1 Å². The molecule has 0 saturated carbocycles. The quantitative estimate of drug-likeness (QED) is 0.290. The van der Waals surface area contributed by atoms with Crippen molar-refractivity contribution in [2.45, 2.75) is 12.5 Å². The number of hydrazone groups is 1. The minimum Gasteiger partial charge on any atom is -0.265 e. The molecule has 0 fully saturated rings. The molecule has 8 heteroatoms. The van der Waals surface area contributed by atoms with Crippen LogP contribution in [0.4, 0.5) is 5.69 Å². The van der Waals surface area contributed by atoms with Gasteiger partial charge in [0.1, 0.15) is 5.69 Å². The SMILES string of the molecule is Brc1ccc(N2N=C(c3cnccn3)CC2c2cn(-c3ccccc3)nc2-c2ccncc2)cc1. The highest BCUT2D eigenvalue weighted by molar-refractivity contribution is 9.10. The third kappa shape index (κ3) is 4.24. The molecule has 1 atom stereocenters. The van der Waals surface area contributed by atoms with Gasteiger partial charge >= 0.3 is 0 Å². The zero-order valence-electron chi connectivity index (χ0n) is 18.6. The molecule has 0 amide bonds. The van der Waals surface area contributed by atoms with Crippen LogP contribution >= 0.6 is 15.9 Å². The predicted molar refractivity (Wildman–Crippen MR) is 139 cm³/mol. The Morgan fingerprint density at radius 1 is 0.800 bits per heavy atom. The van der Waals surface area contributed by atoms with E-state index in [1.807, 2.05) is 47.1 Å². The average Bonchev–Trinajstić information content (AvgIpc) is 3.56. The summed E-state index contributed by atoms with van der Waals surface area (Å²) < 4.78 is 2.95. The molecule has 1 unspecified atom stereocenters. The Labute approximate surface area is 211 Å². The van der Waals surface area contributed by atoms with Crippen molar-refractivity contribution in [3.8, 4) is 16.9 Å². The molecule has 0 radical (unpaired) electrons. The molecule has 1 aliphatic heterocycles. The number of benzene rings is 2. The van der Waals surface area contributed by atoms with Gasteiger partial charge in [0, 0.05) is 53.0 Å². The molecule has 35 heavy (non-hydrogen) atoms. The highest BCUT2D eigenvalue weighted by atomic mass is 79.9. The van der Waals surface area contributed by atoms with E-state index in [-0.39, 0.29) is 6.04 Å². The second kappa shape index (κ2) is 9.23. The van der Waals surface area contributed by atoms with E-state index < -0.39 is 0 Å². The Morgan fingerprint density at radius 3 is 2.34 bits per heavy atom. The van der Waals surface area contributed by atoms with Crippen LogP contribution in [0.15, 0.2) is 113 Å². The summed E-state index contributed by atoms with van der Waals surface area (Å²) in [5.74, 6) is 0. The maximum Gasteiger partial charge on any atom is 0.105 e. The molecule has 4 heterocycles. The molecule has 0 spiro atoms. The number of nitrogens with zero attached hydrogens (tertiary/aromatic N) is 7. The standard InChI is InChI=1S/C27H20BrN7/c28-20-6-8-22(9-7-20)35-26(16-24(32-35)25-17-30-14-15-31-25)23-18-34(21-4-2-1-3-5-21)33-27(23)19-10-12-29-13-11-19/h1-15,17-18,26H,16H2. The second-order valence-corrected chi connectivity index (χ2v) is 9.04. The van der Waals surface area contributed by atoms with Crippen LogP contribution < -0.4 is 5.01 Å². The summed E-state index contributed by atoms with van der Waals surface area (Å²) in [6, 6.07) is 22.2. The highest BCUT2D eigenvalue weighted by Crippen LogP contribution is 2.40. The number of hydrogen-bond acceptors (Lipinski definition) is 6. The van der Waals surface area contributed by atoms with E-state index in [0.29, 0.717) is 6.42 Å². The van der Waals surface area contributed by atoms with Gasteiger partial charge in [0.2, 0.25) is 0 Å². The van der Waals surface area contributed by atoms with Gasteiger partial charge in [-0.2, -0.15) is 10.2 Å². The van der Waals surface area contributed by atoms with Crippen LogP contribution in [-0.2, 0) is 0 Å². The van der Waals surface area contributed by atoms with E-state index in [4.69, 9.17) is 10.2 Å². The summed E-state index contributed by atoms with van der Waals surface area (Å²) in [7, 11) is 0. The molecule has 170 valence electrons. The van der Waals surface area contributed by atoms with E-state index in [2.05, 4.69) is 66.4 Å². The Hall–Kier alpha value is -4.17. The summed E-state index contributed by atoms with van der Waals surface area (Å²) in [6.45, 7) is 0. The number of hydrogen-bond donors (Lipinski definition) is 0. The lowest BCUT2D eigenvalue weighted by Gasteiger charge is -2.23. The van der Waals surface area contributed by atoms with Crippen molar-refractivity contribution < 1.29 is 0 Å². The van der Waals surface area contributed by atoms with Gasteiger partial charge < -0.3 is 0 Å². The third-order valence-electron chi connectivity index (χ3n) is 5.94. The largest absolute Gasteiger partial charge is 0.265 e. The summed E-state index contributed by atoms with van der Waals surface area (Å²) >= 11 is 3.54. The normalized spacial score (nSPS) is 15.3. The zero-order chi connectivity index (χ0) is 23.6. The summed E-state index contributed by atoms with van der Waals surface area (Å²) in [6.07, 6.45) is 11.5. The Kier molecular flexibility index (Phi) is 5.64. The lowest BCUT2D eigenvalue weighted by molar-refractivity contribution is 0.709. The van der Waals surface area contributed by atoms with Crippen LogP contribution in [0, 0.1) is 0 Å². The van der Waals surface area contributed by atoms with Crippen LogP contribution in [0.5, 0.6) is 0 Å². The summed E-state index contributed by atoms with van der Waals surface area (Å²) in [4.78, 5) is 13.0. The van der Waals surface area contributed by atoms with Crippen molar-refractivity contribution in [3.63, 3.8) is 0 Å². The molecule has 0 aliphatic carbocycles. The highest BCUT2D eigenvalue weighted by Gasteiger charge is 2.34. The first kappa shape index (κ1) is 21.4. The molecular formula is C27H20BrN7. The monoisotopic (exact) mass is 521 g/mol. The Balaban J connectivity index is 1.50. The van der Waals surface area contributed by atoms with Crippen molar-refractivity contribution in [1.82, 2.24) is 24.7 Å². The van der Waals surface area contributed by atoms with Crippen molar-refractivity contribution >= 4 is 27.3 Å². The van der Waals surface area contributed by atoms with Crippen LogP contribution in [0.25, 0.3) is 16.9 Å². The third-order valence-corrected chi connectivity index (χ3v) is 6.47. The lowest BCUT2D eigenvalue weighted by Crippen LogP contribution is -2.18. The number of anilines is 1. The van der Waals surface area contributed by atoms with Gasteiger partial charge in [0.15, 0.2) is 0 Å². The van der Waals surface area contributed by atoms with Crippen LogP contribution in [0.3, 0.4) is 0 Å². The van der Waals surface area contributed by atoms with Gasteiger partial charge in [0.05, 0.1) is 35.0 Å². The van der Waals surface area contributed by atoms with Crippen molar-refractivity contribution in [3.05, 3.63) is 120 Å². The molecule has 6 rings (SSSR count). The molecule has 7 nitrogen and oxygen atoms in total. The molecule has 0 saturated heterocycles. The molecule has 1 aliphatic rings. The zero-order valence-corrected chi connectivity index (χ0v) is 20.2. The molecule has 0 N–H and O–H groups in total. The number of para-hydroxylation sites is 1. The van der Waals surface area contributed by atoms with Crippen LogP contribution in [0.1, 0.15) is 23.7 Å². The topological polar surface area (TPSA) is 72.1 Å². The van der Waals surface area contributed by atoms with Crippen molar-refractivity contribution in [2.24, 2.45) is 5.10 Å². The fourth-order valence-corrected chi connectivity index (χ4v) is 4.53. The molecule has 3 aromatic heterocycles. The van der Waals surface area contributed by atoms with E-state index in [1.54, 1.807) is 31.0 Å². The van der Waals surface area contributed by atoms with Gasteiger partial charge in [-0.1, -0.05) is 34.1 Å². The van der Waals surface area contributed by atoms with Gasteiger partial charge in [-0.3, -0.25) is 20.0 Å². The summed E-state index contributed by atoms with van der Waals surface area (Å²) in [5, 5.41) is 12.1. The van der Waals surface area contributed by atoms with Crippen LogP contribution in [0.2, 0.25) is 0 Å². The smallest absolute Gasteiger partial charge is 0.105 e. The maximum absolute atomic E-state index is 5.02. The fourth-order valence-electron chi connectivity index (χ4n) is 4.27. The second-order valence-electron chi connectivity index (χ2n) is 8.13. The van der Waals surface area contributed by atoms with Gasteiger partial charge in [0.25, 0.3) is 0 Å². The van der Waals surface area contributed by atoms with Crippen molar-refractivity contribution in [2.75, 3.05) is 5.01 Å². The Morgan fingerprint density at radius 2 is 1.60 bits per heavy atom. The maximum atomic E-state index is 5.02. The molecule has 0 bridgehead atoms. The first-order chi connectivity index (χ1) is 17.3. The lowest BCUT2D eigenvalue weighted by atomic mass is 9.98. The fraction of sp³-hybridized carbons (Fsp3) is 0.0741. The molecule has 2 aromatic carbocycles. The number of rotatable bonds is 5. The average molecular weight is 522 g/mol. The molecule has 5 aromatic rings. The number of pyridine rings is 1. The molecular weight excluding hydrogens is 502 g/mol.